The standard InChI is InChI=1S/C14H20N4O2S/c1-17(10-14(16)19)7-11-8-18(4-5-20-11)9-13-3-2-12(6-15)21-13/h2-3,11H,4-5,7-10H2,1H3,(H2,16,19). The summed E-state index contributed by atoms with van der Waals surface area (Å²) in [5.74, 6) is -0.326. The summed E-state index contributed by atoms with van der Waals surface area (Å²) >= 11 is 1.53. The van der Waals surface area contributed by atoms with Crippen LogP contribution in [-0.4, -0.2) is 61.6 Å². The molecule has 0 aliphatic carbocycles. The molecule has 7 heteroatoms. The van der Waals surface area contributed by atoms with Crippen LogP contribution in [0.1, 0.15) is 9.75 Å². The van der Waals surface area contributed by atoms with Gasteiger partial charge in [0.05, 0.1) is 19.3 Å². The van der Waals surface area contributed by atoms with E-state index in [1.54, 1.807) is 0 Å². The molecule has 0 aromatic carbocycles. The molecule has 0 spiro atoms. The second-order valence-electron chi connectivity index (χ2n) is 5.27. The molecule has 1 fully saturated rings. The summed E-state index contributed by atoms with van der Waals surface area (Å²) in [6.07, 6.45) is 0.0819. The van der Waals surface area contributed by atoms with Crippen molar-refractivity contribution in [3.8, 4) is 6.07 Å². The van der Waals surface area contributed by atoms with E-state index in [1.165, 1.54) is 16.2 Å². The number of nitrogens with two attached hydrogens (primary N) is 1. The van der Waals surface area contributed by atoms with Crippen molar-refractivity contribution in [1.29, 1.82) is 5.26 Å². The Morgan fingerprint density at radius 2 is 2.48 bits per heavy atom. The number of thiophene rings is 1. The Morgan fingerprint density at radius 1 is 1.67 bits per heavy atom. The van der Waals surface area contributed by atoms with Gasteiger partial charge in [-0.3, -0.25) is 14.6 Å². The molecule has 21 heavy (non-hydrogen) atoms. The van der Waals surface area contributed by atoms with E-state index in [9.17, 15) is 4.79 Å². The number of hydrogen-bond donors (Lipinski definition) is 1. The van der Waals surface area contributed by atoms with E-state index in [0.29, 0.717) is 13.2 Å². The van der Waals surface area contributed by atoms with Crippen molar-refractivity contribution >= 4 is 17.2 Å². The highest BCUT2D eigenvalue weighted by molar-refractivity contribution is 7.12. The van der Waals surface area contributed by atoms with Gasteiger partial charge < -0.3 is 10.5 Å². The molecular formula is C14H20N4O2S. The number of primary amides is 1. The molecule has 0 saturated carbocycles. The van der Waals surface area contributed by atoms with Crippen molar-refractivity contribution in [3.05, 3.63) is 21.9 Å². The van der Waals surface area contributed by atoms with Gasteiger partial charge in [0.25, 0.3) is 0 Å². The first-order chi connectivity index (χ1) is 10.1. The maximum absolute atomic E-state index is 10.9. The van der Waals surface area contributed by atoms with E-state index in [1.807, 2.05) is 24.1 Å². The van der Waals surface area contributed by atoms with Gasteiger partial charge >= 0.3 is 0 Å². The van der Waals surface area contributed by atoms with Gasteiger partial charge in [-0.15, -0.1) is 11.3 Å². The van der Waals surface area contributed by atoms with E-state index in [2.05, 4.69) is 11.0 Å². The van der Waals surface area contributed by atoms with E-state index in [-0.39, 0.29) is 18.6 Å². The highest BCUT2D eigenvalue weighted by Crippen LogP contribution is 2.19. The number of rotatable bonds is 6. The first-order valence-electron chi connectivity index (χ1n) is 6.86. The summed E-state index contributed by atoms with van der Waals surface area (Å²) in [7, 11) is 1.87. The minimum atomic E-state index is -0.326. The third-order valence-electron chi connectivity index (χ3n) is 3.32. The predicted molar refractivity (Wildman–Crippen MR) is 80.7 cm³/mol. The number of ether oxygens (including phenoxy) is 1. The van der Waals surface area contributed by atoms with Crippen molar-refractivity contribution < 1.29 is 9.53 Å². The van der Waals surface area contributed by atoms with Crippen LogP contribution in [0.5, 0.6) is 0 Å². The molecule has 1 aliphatic rings. The van der Waals surface area contributed by atoms with Gasteiger partial charge in [-0.25, -0.2) is 0 Å². The molecule has 0 radical (unpaired) electrons. The zero-order chi connectivity index (χ0) is 15.2. The van der Waals surface area contributed by atoms with E-state index < -0.39 is 0 Å². The fourth-order valence-electron chi connectivity index (χ4n) is 2.46. The van der Waals surface area contributed by atoms with Crippen LogP contribution in [0.25, 0.3) is 0 Å². The summed E-state index contributed by atoms with van der Waals surface area (Å²) in [5, 5.41) is 8.85. The van der Waals surface area contributed by atoms with Crippen LogP contribution >= 0.6 is 11.3 Å². The number of carbonyl (C=O) groups excluding carboxylic acids is 1. The third-order valence-corrected chi connectivity index (χ3v) is 4.29. The molecule has 0 bridgehead atoms. The maximum Gasteiger partial charge on any atom is 0.231 e. The van der Waals surface area contributed by atoms with Crippen molar-refractivity contribution in [2.75, 3.05) is 39.8 Å². The molecule has 2 heterocycles. The Labute approximate surface area is 128 Å². The Balaban J connectivity index is 1.83. The zero-order valence-electron chi connectivity index (χ0n) is 12.1. The zero-order valence-corrected chi connectivity index (χ0v) is 12.9. The SMILES string of the molecule is CN(CC(N)=O)CC1CN(Cc2ccc(C#N)s2)CCO1. The molecule has 2 N–H and O–H groups in total. The Kier molecular flexibility index (Phi) is 5.70. The normalized spacial score (nSPS) is 19.6. The van der Waals surface area contributed by atoms with Crippen LogP contribution < -0.4 is 5.73 Å². The van der Waals surface area contributed by atoms with Gasteiger partial charge in [-0.05, 0) is 19.2 Å². The molecule has 6 nitrogen and oxygen atoms in total. The van der Waals surface area contributed by atoms with E-state index in [4.69, 9.17) is 15.7 Å². The molecule has 1 unspecified atom stereocenters. The minimum absolute atomic E-state index is 0.0819. The minimum Gasteiger partial charge on any atom is -0.374 e. The lowest BCUT2D eigenvalue weighted by atomic mass is 10.2. The van der Waals surface area contributed by atoms with Gasteiger partial charge in [0.2, 0.25) is 5.91 Å². The molecule has 114 valence electrons. The van der Waals surface area contributed by atoms with Crippen LogP contribution in [-0.2, 0) is 16.1 Å². The number of morpholine rings is 1. The molecule has 2 rings (SSSR count). The monoisotopic (exact) mass is 308 g/mol. The predicted octanol–water partition coefficient (Wildman–Crippen LogP) is 0.238. The second-order valence-corrected chi connectivity index (χ2v) is 6.44. The number of carbonyl (C=O) groups is 1. The third kappa shape index (κ3) is 5.10. The lowest BCUT2D eigenvalue weighted by molar-refractivity contribution is -0.119. The van der Waals surface area contributed by atoms with Crippen molar-refractivity contribution in [1.82, 2.24) is 9.80 Å². The van der Waals surface area contributed by atoms with Crippen LogP contribution in [0.4, 0.5) is 0 Å². The lowest BCUT2D eigenvalue weighted by Gasteiger charge is -2.34. The summed E-state index contributed by atoms with van der Waals surface area (Å²) in [6.45, 7) is 4.17. The highest BCUT2D eigenvalue weighted by atomic mass is 32.1. The van der Waals surface area contributed by atoms with Crippen molar-refractivity contribution in [2.45, 2.75) is 12.6 Å². The van der Waals surface area contributed by atoms with Gasteiger partial charge in [-0.2, -0.15) is 5.26 Å². The fourth-order valence-corrected chi connectivity index (χ4v) is 3.30. The average molecular weight is 308 g/mol. The van der Waals surface area contributed by atoms with Gasteiger partial charge in [-0.1, -0.05) is 0 Å². The van der Waals surface area contributed by atoms with E-state index in [0.717, 1.165) is 24.5 Å². The number of amides is 1. The largest absolute Gasteiger partial charge is 0.374 e. The van der Waals surface area contributed by atoms with Crippen LogP contribution in [0, 0.1) is 11.3 Å². The molecular weight excluding hydrogens is 288 g/mol. The van der Waals surface area contributed by atoms with Crippen LogP contribution in [0.15, 0.2) is 12.1 Å². The molecule has 1 atom stereocenters. The Bertz CT molecular complexity index is 525. The van der Waals surface area contributed by atoms with Gasteiger partial charge in [0.1, 0.15) is 10.9 Å². The van der Waals surface area contributed by atoms with Crippen molar-refractivity contribution in [2.24, 2.45) is 5.73 Å². The number of hydrogen-bond acceptors (Lipinski definition) is 6. The highest BCUT2D eigenvalue weighted by Gasteiger charge is 2.22. The quantitative estimate of drug-likeness (QED) is 0.814. The van der Waals surface area contributed by atoms with Gasteiger partial charge in [0.15, 0.2) is 0 Å². The molecule has 1 saturated heterocycles. The smallest absolute Gasteiger partial charge is 0.231 e. The number of likely N-dealkylation sites (N-methyl/N-ethyl adjacent to an activating group) is 1. The summed E-state index contributed by atoms with van der Waals surface area (Å²) in [4.78, 5) is 17.0. The summed E-state index contributed by atoms with van der Waals surface area (Å²) in [5.41, 5.74) is 5.19. The van der Waals surface area contributed by atoms with Gasteiger partial charge in [0, 0.05) is 31.1 Å². The Morgan fingerprint density at radius 3 is 3.14 bits per heavy atom. The fraction of sp³-hybridized carbons (Fsp3) is 0.571. The van der Waals surface area contributed by atoms with Crippen LogP contribution in [0.3, 0.4) is 0 Å². The molecule has 1 aromatic heterocycles. The average Bonchev–Trinajstić information content (AvgIpc) is 2.85. The molecule has 1 amide bonds. The van der Waals surface area contributed by atoms with Crippen molar-refractivity contribution in [3.63, 3.8) is 0 Å². The summed E-state index contributed by atoms with van der Waals surface area (Å²) < 4.78 is 5.74. The van der Waals surface area contributed by atoms with Crippen LogP contribution in [0.2, 0.25) is 0 Å². The topological polar surface area (TPSA) is 82.6 Å². The number of nitrogens with zero attached hydrogens (tertiary/aromatic N) is 3. The maximum atomic E-state index is 10.9. The van der Waals surface area contributed by atoms with E-state index >= 15 is 0 Å². The first kappa shape index (κ1) is 15.9. The summed E-state index contributed by atoms with van der Waals surface area (Å²) in [6, 6.07) is 6.03. The molecule has 1 aliphatic heterocycles. The number of nitriles is 1. The lowest BCUT2D eigenvalue weighted by Crippen LogP contribution is -2.47. The first-order valence-corrected chi connectivity index (χ1v) is 7.68. The second kappa shape index (κ2) is 7.52. The Hall–Kier alpha value is -1.46. The molecule has 1 aromatic rings.